The quantitative estimate of drug-likeness (QED) is 0.700. The lowest BCUT2D eigenvalue weighted by atomic mass is 9.96. The molecule has 1 aliphatic carbocycles. The zero-order valence-corrected chi connectivity index (χ0v) is 15.5. The predicted octanol–water partition coefficient (Wildman–Crippen LogP) is 1.71. The van der Waals surface area contributed by atoms with Gasteiger partial charge in [-0.05, 0) is 37.7 Å². The molecule has 0 aromatic carbocycles. The molecule has 140 valence electrons. The zero-order valence-electron chi connectivity index (χ0n) is 15.5. The summed E-state index contributed by atoms with van der Waals surface area (Å²) in [5.74, 6) is 1.99. The Morgan fingerprint density at radius 2 is 1.89 bits per heavy atom. The highest BCUT2D eigenvalue weighted by Gasteiger charge is 2.27. The molecule has 0 spiro atoms. The molecule has 8 heteroatoms. The van der Waals surface area contributed by atoms with E-state index >= 15 is 0 Å². The molecule has 2 fully saturated rings. The summed E-state index contributed by atoms with van der Waals surface area (Å²) in [6.07, 6.45) is 8.00. The summed E-state index contributed by atoms with van der Waals surface area (Å²) >= 11 is 0. The van der Waals surface area contributed by atoms with Crippen molar-refractivity contribution in [3.8, 4) is 0 Å². The average Bonchev–Trinajstić information content (AvgIpc) is 3.44. The molecular weight excluding hydrogens is 342 g/mol. The lowest BCUT2D eigenvalue weighted by Gasteiger charge is -2.33. The molecule has 4 heterocycles. The molecule has 0 N–H and O–H groups in total. The SMILES string of the molecule is Cn1cc2c(N3CCC(Cn4nc(C5CC5)ccc4=O)CC3)ncnc2n1. The first-order valence-electron chi connectivity index (χ1n) is 9.65. The third-order valence-electron chi connectivity index (χ3n) is 5.64. The molecule has 0 unspecified atom stereocenters. The molecule has 0 amide bonds. The van der Waals surface area contributed by atoms with Gasteiger partial charge in [-0.3, -0.25) is 9.48 Å². The highest BCUT2D eigenvalue weighted by Crippen LogP contribution is 2.38. The van der Waals surface area contributed by atoms with Gasteiger partial charge in [-0.15, -0.1) is 0 Å². The molecule has 0 bridgehead atoms. The van der Waals surface area contributed by atoms with E-state index in [0.29, 0.717) is 18.4 Å². The molecule has 3 aromatic rings. The van der Waals surface area contributed by atoms with Gasteiger partial charge in [0.15, 0.2) is 5.65 Å². The summed E-state index contributed by atoms with van der Waals surface area (Å²) in [7, 11) is 1.90. The maximum Gasteiger partial charge on any atom is 0.266 e. The van der Waals surface area contributed by atoms with Crippen LogP contribution in [0.15, 0.2) is 29.5 Å². The van der Waals surface area contributed by atoms with Gasteiger partial charge in [-0.2, -0.15) is 10.2 Å². The van der Waals surface area contributed by atoms with Crippen molar-refractivity contribution < 1.29 is 0 Å². The topological polar surface area (TPSA) is 81.7 Å². The van der Waals surface area contributed by atoms with Crippen molar-refractivity contribution in [2.24, 2.45) is 13.0 Å². The van der Waals surface area contributed by atoms with Crippen LogP contribution in [0.1, 0.15) is 37.3 Å². The fraction of sp³-hybridized carbons (Fsp3) is 0.526. The fourth-order valence-corrected chi connectivity index (χ4v) is 3.95. The number of hydrogen-bond donors (Lipinski definition) is 0. The van der Waals surface area contributed by atoms with Gasteiger partial charge in [-0.1, -0.05) is 0 Å². The van der Waals surface area contributed by atoms with Crippen LogP contribution in [0.5, 0.6) is 0 Å². The predicted molar refractivity (Wildman–Crippen MR) is 102 cm³/mol. The Labute approximate surface area is 156 Å². The minimum atomic E-state index is 0.00898. The van der Waals surface area contributed by atoms with Gasteiger partial charge in [0.05, 0.1) is 11.1 Å². The van der Waals surface area contributed by atoms with Gasteiger partial charge in [0, 0.05) is 44.9 Å². The number of nitrogens with zero attached hydrogens (tertiary/aromatic N) is 7. The standard InChI is InChI=1S/C19H23N7O/c1-24-11-15-18(23-24)20-12-21-19(15)25-8-6-13(7-9-25)10-26-17(27)5-4-16(22-26)14-2-3-14/h4-5,11-14H,2-3,6-10H2,1H3. The monoisotopic (exact) mass is 365 g/mol. The van der Waals surface area contributed by atoms with Crippen LogP contribution >= 0.6 is 0 Å². The van der Waals surface area contributed by atoms with Crippen molar-refractivity contribution in [3.63, 3.8) is 0 Å². The Bertz CT molecular complexity index is 1030. The lowest BCUT2D eigenvalue weighted by molar-refractivity contribution is 0.333. The third kappa shape index (κ3) is 3.20. The van der Waals surface area contributed by atoms with Gasteiger partial charge >= 0.3 is 0 Å². The number of rotatable bonds is 4. The molecule has 1 saturated heterocycles. The second-order valence-electron chi connectivity index (χ2n) is 7.72. The minimum Gasteiger partial charge on any atom is -0.356 e. The van der Waals surface area contributed by atoms with Gasteiger partial charge in [0.2, 0.25) is 0 Å². The van der Waals surface area contributed by atoms with E-state index in [1.807, 2.05) is 19.3 Å². The van der Waals surface area contributed by atoms with Crippen molar-refractivity contribution in [2.45, 2.75) is 38.1 Å². The minimum absolute atomic E-state index is 0.00898. The summed E-state index contributed by atoms with van der Waals surface area (Å²) in [5.41, 5.74) is 1.82. The maximum absolute atomic E-state index is 12.2. The summed E-state index contributed by atoms with van der Waals surface area (Å²) in [4.78, 5) is 23.2. The number of anilines is 1. The van der Waals surface area contributed by atoms with Crippen molar-refractivity contribution in [1.29, 1.82) is 0 Å². The molecule has 5 rings (SSSR count). The Morgan fingerprint density at radius 3 is 2.67 bits per heavy atom. The second-order valence-corrected chi connectivity index (χ2v) is 7.72. The van der Waals surface area contributed by atoms with Crippen molar-refractivity contribution in [3.05, 3.63) is 40.7 Å². The normalized spacial score (nSPS) is 18.3. The van der Waals surface area contributed by atoms with Crippen LogP contribution in [0.2, 0.25) is 0 Å². The molecule has 0 atom stereocenters. The molecule has 2 aliphatic rings. The number of hydrogen-bond acceptors (Lipinski definition) is 6. The maximum atomic E-state index is 12.2. The number of piperidine rings is 1. The summed E-state index contributed by atoms with van der Waals surface area (Å²) < 4.78 is 3.46. The van der Waals surface area contributed by atoms with Crippen LogP contribution < -0.4 is 10.5 Å². The van der Waals surface area contributed by atoms with E-state index in [1.54, 1.807) is 21.8 Å². The van der Waals surface area contributed by atoms with Crippen molar-refractivity contribution in [2.75, 3.05) is 18.0 Å². The van der Waals surface area contributed by atoms with Gasteiger partial charge < -0.3 is 4.90 Å². The van der Waals surface area contributed by atoms with Gasteiger partial charge in [-0.25, -0.2) is 14.6 Å². The van der Waals surface area contributed by atoms with Crippen molar-refractivity contribution >= 4 is 16.9 Å². The van der Waals surface area contributed by atoms with Crippen LogP contribution in [-0.2, 0) is 13.6 Å². The Kier molecular flexibility index (Phi) is 3.91. The first kappa shape index (κ1) is 16.4. The largest absolute Gasteiger partial charge is 0.356 e. The zero-order chi connectivity index (χ0) is 18.4. The number of aromatic nitrogens is 6. The highest BCUT2D eigenvalue weighted by molar-refractivity contribution is 5.86. The molecule has 0 radical (unpaired) electrons. The van der Waals surface area contributed by atoms with E-state index in [9.17, 15) is 4.79 Å². The molecule has 27 heavy (non-hydrogen) atoms. The second kappa shape index (κ2) is 6.44. The molecule has 1 saturated carbocycles. The van der Waals surface area contributed by atoms with Crippen molar-refractivity contribution in [1.82, 2.24) is 29.5 Å². The van der Waals surface area contributed by atoms with E-state index in [1.165, 1.54) is 12.8 Å². The van der Waals surface area contributed by atoms with E-state index in [-0.39, 0.29) is 5.56 Å². The molecule has 1 aliphatic heterocycles. The van der Waals surface area contributed by atoms with Crippen LogP contribution in [-0.4, -0.2) is 42.6 Å². The highest BCUT2D eigenvalue weighted by atomic mass is 16.1. The van der Waals surface area contributed by atoms with Crippen LogP contribution in [0.3, 0.4) is 0 Å². The average molecular weight is 365 g/mol. The Balaban J connectivity index is 1.29. The summed E-state index contributed by atoms with van der Waals surface area (Å²) in [6, 6.07) is 3.57. The third-order valence-corrected chi connectivity index (χ3v) is 5.64. The Hall–Kier alpha value is -2.77. The Morgan fingerprint density at radius 1 is 1.07 bits per heavy atom. The first-order valence-corrected chi connectivity index (χ1v) is 9.65. The van der Waals surface area contributed by atoms with Gasteiger partial charge in [0.1, 0.15) is 12.1 Å². The van der Waals surface area contributed by atoms with Crippen LogP contribution in [0.4, 0.5) is 5.82 Å². The lowest BCUT2D eigenvalue weighted by Crippen LogP contribution is -2.37. The molecular formula is C19H23N7O. The molecule has 8 nitrogen and oxygen atoms in total. The van der Waals surface area contributed by atoms with E-state index < -0.39 is 0 Å². The first-order chi connectivity index (χ1) is 13.2. The van der Waals surface area contributed by atoms with E-state index in [4.69, 9.17) is 0 Å². The van der Waals surface area contributed by atoms with Crippen LogP contribution in [0.25, 0.3) is 11.0 Å². The van der Waals surface area contributed by atoms with Gasteiger partial charge in [0.25, 0.3) is 5.56 Å². The van der Waals surface area contributed by atoms with E-state index in [0.717, 1.165) is 48.5 Å². The molecule has 3 aromatic heterocycles. The number of fused-ring (bicyclic) bond motifs is 1. The number of aryl methyl sites for hydroxylation is 1. The fourth-order valence-electron chi connectivity index (χ4n) is 3.95. The van der Waals surface area contributed by atoms with Crippen LogP contribution in [0, 0.1) is 5.92 Å². The smallest absolute Gasteiger partial charge is 0.266 e. The summed E-state index contributed by atoms with van der Waals surface area (Å²) in [5, 5.41) is 9.97. The van der Waals surface area contributed by atoms with E-state index in [2.05, 4.69) is 25.1 Å². The summed E-state index contributed by atoms with van der Waals surface area (Å²) in [6.45, 7) is 2.55.